The van der Waals surface area contributed by atoms with Crippen LogP contribution in [0.1, 0.15) is 31.7 Å². The fourth-order valence-corrected chi connectivity index (χ4v) is 6.25. The Hall–Kier alpha value is -2.22. The van der Waals surface area contributed by atoms with E-state index >= 15 is 0 Å². The molecule has 0 radical (unpaired) electrons. The number of rotatable bonds is 5. The van der Waals surface area contributed by atoms with Gasteiger partial charge in [-0.1, -0.05) is 36.2 Å². The number of benzene rings is 2. The highest BCUT2D eigenvalue weighted by atomic mass is 32.2. The number of aryl methyl sites for hydroxylation is 1. The van der Waals surface area contributed by atoms with Gasteiger partial charge in [0.1, 0.15) is 0 Å². The lowest BCUT2D eigenvalue weighted by molar-refractivity contribution is 0.346. The molecule has 0 bridgehead atoms. The summed E-state index contributed by atoms with van der Waals surface area (Å²) in [6.45, 7) is 6.19. The summed E-state index contributed by atoms with van der Waals surface area (Å²) in [7, 11) is -3.41. The highest BCUT2D eigenvalue weighted by Gasteiger charge is 2.25. The molecule has 30 heavy (non-hydrogen) atoms. The van der Waals surface area contributed by atoms with Gasteiger partial charge in [0.2, 0.25) is 10.0 Å². The van der Waals surface area contributed by atoms with Crippen LogP contribution in [0.25, 0.3) is 11.3 Å². The van der Waals surface area contributed by atoms with Crippen LogP contribution in [0.15, 0.2) is 63.8 Å². The van der Waals surface area contributed by atoms with E-state index in [1.54, 1.807) is 27.8 Å². The first kappa shape index (κ1) is 21.0. The molecule has 0 unspecified atom stereocenters. The van der Waals surface area contributed by atoms with E-state index in [1.807, 2.05) is 24.3 Å². The van der Waals surface area contributed by atoms with Crippen molar-refractivity contribution in [3.63, 3.8) is 0 Å². The van der Waals surface area contributed by atoms with Crippen molar-refractivity contribution in [3.8, 4) is 11.3 Å². The summed E-state index contributed by atoms with van der Waals surface area (Å²) in [5, 5.41) is 2.09. The predicted octanol–water partition coefficient (Wildman–Crippen LogP) is 4.95. The summed E-state index contributed by atoms with van der Waals surface area (Å²) < 4.78 is 29.6. The van der Waals surface area contributed by atoms with E-state index in [-0.39, 0.29) is 0 Å². The third kappa shape index (κ3) is 4.29. The fraction of sp³-hybridized carbons (Fsp3) is 0.348. The smallest absolute Gasteiger partial charge is 0.243 e. The molecule has 1 aromatic heterocycles. The van der Waals surface area contributed by atoms with E-state index < -0.39 is 10.0 Å². The van der Waals surface area contributed by atoms with Crippen LogP contribution in [0.3, 0.4) is 0 Å². The normalized spacial score (nSPS) is 16.1. The first-order valence-corrected chi connectivity index (χ1v) is 12.7. The van der Waals surface area contributed by atoms with Crippen LogP contribution in [-0.4, -0.2) is 30.4 Å². The molecule has 0 aliphatic carbocycles. The van der Waals surface area contributed by atoms with Gasteiger partial charge in [-0.2, -0.15) is 4.31 Å². The van der Waals surface area contributed by atoms with Crippen molar-refractivity contribution in [2.24, 2.45) is 4.99 Å². The Morgan fingerprint density at radius 1 is 0.967 bits per heavy atom. The Kier molecular flexibility index (Phi) is 6.22. The monoisotopic (exact) mass is 441 g/mol. The summed E-state index contributed by atoms with van der Waals surface area (Å²) in [6.07, 6.45) is 2.99. The van der Waals surface area contributed by atoms with Crippen LogP contribution >= 0.6 is 11.3 Å². The lowest BCUT2D eigenvalue weighted by Crippen LogP contribution is -2.35. The van der Waals surface area contributed by atoms with E-state index in [4.69, 9.17) is 4.99 Å². The van der Waals surface area contributed by atoms with Crippen molar-refractivity contribution in [2.75, 3.05) is 13.1 Å². The van der Waals surface area contributed by atoms with Crippen LogP contribution in [0.5, 0.6) is 0 Å². The van der Waals surface area contributed by atoms with Gasteiger partial charge in [0.05, 0.1) is 16.3 Å². The third-order valence-electron chi connectivity index (χ3n) is 5.48. The highest BCUT2D eigenvalue weighted by Crippen LogP contribution is 2.25. The SMILES string of the molecule is CCn1c(-c2ccc(S(=O)(=O)N3CCCCC3)cc2)csc1=Nc1ccc(C)cc1. The second-order valence-corrected chi connectivity index (χ2v) is 10.4. The number of sulfonamides is 1. The fourth-order valence-electron chi connectivity index (χ4n) is 3.74. The number of hydrogen-bond donors (Lipinski definition) is 0. The number of thiazole rings is 1. The number of nitrogens with zero attached hydrogens (tertiary/aromatic N) is 3. The minimum atomic E-state index is -3.41. The topological polar surface area (TPSA) is 54.7 Å². The van der Waals surface area contributed by atoms with Crippen LogP contribution in [-0.2, 0) is 16.6 Å². The van der Waals surface area contributed by atoms with Gasteiger partial charge in [-0.15, -0.1) is 11.3 Å². The van der Waals surface area contributed by atoms with E-state index in [9.17, 15) is 8.42 Å². The quantitative estimate of drug-likeness (QED) is 0.562. The molecule has 2 heterocycles. The standard InChI is InChI=1S/C23H27N3O2S2/c1-3-26-22(17-29-23(26)24-20-11-7-18(2)8-12-20)19-9-13-21(14-10-19)30(27,28)25-15-5-4-6-16-25/h7-14,17H,3-6,15-16H2,1-2H3. The van der Waals surface area contributed by atoms with Crippen molar-refractivity contribution < 1.29 is 8.42 Å². The van der Waals surface area contributed by atoms with Gasteiger partial charge in [-0.25, -0.2) is 13.4 Å². The van der Waals surface area contributed by atoms with Crippen molar-refractivity contribution in [2.45, 2.75) is 44.6 Å². The molecule has 1 saturated heterocycles. The molecular formula is C23H27N3O2S2. The Morgan fingerprint density at radius 2 is 1.63 bits per heavy atom. The average Bonchev–Trinajstić information content (AvgIpc) is 3.18. The van der Waals surface area contributed by atoms with Crippen LogP contribution < -0.4 is 4.80 Å². The first-order chi connectivity index (χ1) is 14.5. The van der Waals surface area contributed by atoms with Crippen molar-refractivity contribution in [1.29, 1.82) is 0 Å². The lowest BCUT2D eigenvalue weighted by Gasteiger charge is -2.25. The zero-order chi connectivity index (χ0) is 21.1. The van der Waals surface area contributed by atoms with Crippen LogP contribution in [0, 0.1) is 6.92 Å². The van der Waals surface area contributed by atoms with Gasteiger partial charge in [-0.05, 0) is 56.5 Å². The van der Waals surface area contributed by atoms with Crippen molar-refractivity contribution in [1.82, 2.24) is 8.87 Å². The molecule has 5 nitrogen and oxygen atoms in total. The molecule has 158 valence electrons. The molecule has 0 spiro atoms. The summed E-state index contributed by atoms with van der Waals surface area (Å²) >= 11 is 1.60. The van der Waals surface area contributed by atoms with Gasteiger partial charge in [-0.3, -0.25) is 0 Å². The Bertz CT molecular complexity index is 1170. The van der Waals surface area contributed by atoms with Gasteiger partial charge in [0.25, 0.3) is 0 Å². The molecule has 1 aliphatic heterocycles. The van der Waals surface area contributed by atoms with Crippen LogP contribution in [0.4, 0.5) is 5.69 Å². The molecule has 3 aromatic rings. The van der Waals surface area contributed by atoms with Gasteiger partial charge >= 0.3 is 0 Å². The molecule has 0 N–H and O–H groups in total. The number of hydrogen-bond acceptors (Lipinski definition) is 4. The van der Waals surface area contributed by atoms with E-state index in [0.717, 1.165) is 47.6 Å². The molecule has 4 rings (SSSR count). The van der Waals surface area contributed by atoms with E-state index in [2.05, 4.69) is 35.9 Å². The minimum Gasteiger partial charge on any atom is -0.317 e. The zero-order valence-electron chi connectivity index (χ0n) is 17.4. The molecule has 1 aliphatic rings. The van der Waals surface area contributed by atoms with Gasteiger partial charge < -0.3 is 4.57 Å². The van der Waals surface area contributed by atoms with Crippen molar-refractivity contribution in [3.05, 3.63) is 64.3 Å². The Balaban J connectivity index is 1.65. The zero-order valence-corrected chi connectivity index (χ0v) is 19.0. The lowest BCUT2D eigenvalue weighted by atomic mass is 10.2. The molecule has 2 aromatic carbocycles. The Morgan fingerprint density at radius 3 is 2.27 bits per heavy atom. The maximum absolute atomic E-state index is 12.9. The second-order valence-electron chi connectivity index (χ2n) is 7.58. The summed E-state index contributed by atoms with van der Waals surface area (Å²) in [5.41, 5.74) is 4.19. The van der Waals surface area contributed by atoms with Gasteiger partial charge in [0.15, 0.2) is 4.80 Å². The summed E-state index contributed by atoms with van der Waals surface area (Å²) in [6, 6.07) is 15.4. The average molecular weight is 442 g/mol. The first-order valence-electron chi connectivity index (χ1n) is 10.4. The summed E-state index contributed by atoms with van der Waals surface area (Å²) in [4.78, 5) is 6.10. The predicted molar refractivity (Wildman–Crippen MR) is 122 cm³/mol. The van der Waals surface area contributed by atoms with E-state index in [0.29, 0.717) is 18.0 Å². The summed E-state index contributed by atoms with van der Waals surface area (Å²) in [5.74, 6) is 0. The molecule has 1 fully saturated rings. The molecule has 0 amide bonds. The minimum absolute atomic E-state index is 0.371. The number of piperidine rings is 1. The van der Waals surface area contributed by atoms with Crippen LogP contribution in [0.2, 0.25) is 0 Å². The van der Waals surface area contributed by atoms with E-state index in [1.165, 1.54) is 5.56 Å². The van der Waals surface area contributed by atoms with Gasteiger partial charge in [0, 0.05) is 25.0 Å². The highest BCUT2D eigenvalue weighted by molar-refractivity contribution is 7.89. The largest absolute Gasteiger partial charge is 0.317 e. The van der Waals surface area contributed by atoms with Crippen molar-refractivity contribution >= 4 is 27.0 Å². The molecule has 0 saturated carbocycles. The maximum Gasteiger partial charge on any atom is 0.243 e. The third-order valence-corrected chi connectivity index (χ3v) is 8.25. The Labute approximate surface area is 182 Å². The molecular weight excluding hydrogens is 414 g/mol. The second kappa shape index (κ2) is 8.88. The molecule has 0 atom stereocenters. The maximum atomic E-state index is 12.9. The molecule has 7 heteroatoms. The number of aromatic nitrogens is 1.